The van der Waals surface area contributed by atoms with E-state index in [1.807, 2.05) is 70.5 Å². The zero-order chi connectivity index (χ0) is 21.6. The third-order valence-corrected chi connectivity index (χ3v) is 6.17. The van der Waals surface area contributed by atoms with Crippen LogP contribution in [-0.2, 0) is 11.3 Å². The lowest BCUT2D eigenvalue weighted by molar-refractivity contribution is -0.137. The number of piperidine rings is 1. The maximum atomic E-state index is 13.2. The number of fused-ring (bicyclic) bond motifs is 1. The Kier molecular flexibility index (Phi) is 6.66. The Labute approximate surface area is 184 Å². The molecule has 0 N–H and O–H groups in total. The van der Waals surface area contributed by atoms with E-state index in [4.69, 9.17) is 0 Å². The van der Waals surface area contributed by atoms with E-state index in [1.165, 1.54) is 0 Å². The Morgan fingerprint density at radius 1 is 0.903 bits per heavy atom. The van der Waals surface area contributed by atoms with Crippen LogP contribution in [0.3, 0.4) is 0 Å². The first-order chi connectivity index (χ1) is 15.2. The Bertz CT molecular complexity index is 1030. The predicted molar refractivity (Wildman–Crippen MR) is 125 cm³/mol. The largest absolute Gasteiger partial charge is 0.339 e. The Morgan fingerprint density at radius 2 is 1.58 bits per heavy atom. The topological polar surface area (TPSA) is 40.6 Å². The van der Waals surface area contributed by atoms with E-state index in [9.17, 15) is 9.59 Å². The summed E-state index contributed by atoms with van der Waals surface area (Å²) in [7, 11) is 0. The molecular weight excluding hydrogens is 384 g/mol. The second-order valence-electron chi connectivity index (χ2n) is 8.34. The molecule has 0 saturated carbocycles. The second kappa shape index (κ2) is 9.78. The third-order valence-electron chi connectivity index (χ3n) is 6.17. The zero-order valence-electron chi connectivity index (χ0n) is 18.2. The lowest BCUT2D eigenvalue weighted by Gasteiger charge is -2.34. The van der Waals surface area contributed by atoms with E-state index in [0.717, 1.165) is 47.7 Å². The maximum absolute atomic E-state index is 13.2. The van der Waals surface area contributed by atoms with Crippen LogP contribution in [0.4, 0.5) is 0 Å². The van der Waals surface area contributed by atoms with E-state index < -0.39 is 0 Å². The standard InChI is InChI=1S/C27H30N2O2/c1-2-17-29(20-21-9-4-3-5-10-21)26(30)23-15-18-28(19-16-23)27(31)25-14-8-12-22-11-6-7-13-24(22)25/h3-14,23H,2,15-20H2,1H3. The average Bonchev–Trinajstić information content (AvgIpc) is 2.83. The number of hydrogen-bond donors (Lipinski definition) is 0. The fourth-order valence-electron chi connectivity index (χ4n) is 4.51. The second-order valence-corrected chi connectivity index (χ2v) is 8.34. The normalized spacial score (nSPS) is 14.5. The van der Waals surface area contributed by atoms with Crippen molar-refractivity contribution in [2.24, 2.45) is 5.92 Å². The van der Waals surface area contributed by atoms with Crippen LogP contribution in [0.1, 0.15) is 42.1 Å². The summed E-state index contributed by atoms with van der Waals surface area (Å²) in [6.45, 7) is 4.79. The highest BCUT2D eigenvalue weighted by atomic mass is 16.2. The van der Waals surface area contributed by atoms with Crippen LogP contribution >= 0.6 is 0 Å². The minimum atomic E-state index is -0.00757. The molecule has 0 unspecified atom stereocenters. The molecule has 0 spiro atoms. The summed E-state index contributed by atoms with van der Waals surface area (Å²) in [5, 5.41) is 2.07. The molecule has 2 amide bonds. The minimum absolute atomic E-state index is 0.00757. The summed E-state index contributed by atoms with van der Waals surface area (Å²) in [6.07, 6.45) is 2.39. The van der Waals surface area contributed by atoms with Gasteiger partial charge in [0, 0.05) is 37.7 Å². The number of amides is 2. The van der Waals surface area contributed by atoms with Crippen molar-refractivity contribution in [2.45, 2.75) is 32.7 Å². The van der Waals surface area contributed by atoms with Crippen molar-refractivity contribution < 1.29 is 9.59 Å². The van der Waals surface area contributed by atoms with Crippen LogP contribution < -0.4 is 0 Å². The molecule has 4 rings (SSSR count). The highest BCUT2D eigenvalue weighted by Crippen LogP contribution is 2.25. The molecule has 1 heterocycles. The molecule has 1 fully saturated rings. The van der Waals surface area contributed by atoms with Crippen molar-refractivity contribution in [3.63, 3.8) is 0 Å². The van der Waals surface area contributed by atoms with Gasteiger partial charge in [-0.2, -0.15) is 0 Å². The van der Waals surface area contributed by atoms with Crippen molar-refractivity contribution in [2.75, 3.05) is 19.6 Å². The molecule has 4 nitrogen and oxygen atoms in total. The maximum Gasteiger partial charge on any atom is 0.254 e. The van der Waals surface area contributed by atoms with Crippen molar-refractivity contribution >= 4 is 22.6 Å². The highest BCUT2D eigenvalue weighted by Gasteiger charge is 2.30. The molecule has 1 aliphatic rings. The van der Waals surface area contributed by atoms with Gasteiger partial charge in [-0.25, -0.2) is 0 Å². The van der Waals surface area contributed by atoms with E-state index in [2.05, 4.69) is 19.1 Å². The molecule has 0 atom stereocenters. The van der Waals surface area contributed by atoms with Crippen molar-refractivity contribution in [1.29, 1.82) is 0 Å². The lowest BCUT2D eigenvalue weighted by atomic mass is 9.94. The van der Waals surface area contributed by atoms with Crippen LogP contribution in [0.15, 0.2) is 72.8 Å². The Balaban J connectivity index is 1.41. The molecule has 3 aromatic rings. The summed E-state index contributed by atoms with van der Waals surface area (Å²) >= 11 is 0. The summed E-state index contributed by atoms with van der Waals surface area (Å²) < 4.78 is 0. The number of carbonyl (C=O) groups excluding carboxylic acids is 2. The molecule has 0 bridgehead atoms. The van der Waals surface area contributed by atoms with Crippen LogP contribution in [0.2, 0.25) is 0 Å². The smallest absolute Gasteiger partial charge is 0.254 e. The Hall–Kier alpha value is -3.14. The number of carbonyl (C=O) groups is 2. The molecule has 1 saturated heterocycles. The molecule has 0 radical (unpaired) electrons. The predicted octanol–water partition coefficient (Wildman–Crippen LogP) is 5.13. The molecule has 3 aromatic carbocycles. The van der Waals surface area contributed by atoms with Gasteiger partial charge in [-0.3, -0.25) is 9.59 Å². The quantitative estimate of drug-likeness (QED) is 0.561. The van der Waals surface area contributed by atoms with E-state index in [1.54, 1.807) is 0 Å². The number of hydrogen-bond acceptors (Lipinski definition) is 2. The molecule has 4 heteroatoms. The number of benzene rings is 3. The molecule has 160 valence electrons. The van der Waals surface area contributed by atoms with Gasteiger partial charge in [-0.05, 0) is 41.7 Å². The number of nitrogens with zero attached hydrogens (tertiary/aromatic N) is 2. The van der Waals surface area contributed by atoms with Crippen LogP contribution in [0.25, 0.3) is 10.8 Å². The summed E-state index contributed by atoms with van der Waals surface area (Å²) in [4.78, 5) is 30.3. The first-order valence-corrected chi connectivity index (χ1v) is 11.3. The average molecular weight is 415 g/mol. The summed E-state index contributed by atoms with van der Waals surface area (Å²) in [5.74, 6) is 0.284. The number of rotatable bonds is 6. The van der Waals surface area contributed by atoms with Gasteiger partial charge in [0.2, 0.25) is 5.91 Å². The Morgan fingerprint density at radius 3 is 2.32 bits per heavy atom. The fourth-order valence-corrected chi connectivity index (χ4v) is 4.51. The third kappa shape index (κ3) is 4.79. The van der Waals surface area contributed by atoms with Crippen LogP contribution in [0.5, 0.6) is 0 Å². The summed E-state index contributed by atoms with van der Waals surface area (Å²) in [6, 6.07) is 24.1. The van der Waals surface area contributed by atoms with Gasteiger partial charge in [0.25, 0.3) is 5.91 Å². The van der Waals surface area contributed by atoms with Gasteiger partial charge in [-0.15, -0.1) is 0 Å². The van der Waals surface area contributed by atoms with Gasteiger partial charge in [0.1, 0.15) is 0 Å². The van der Waals surface area contributed by atoms with Gasteiger partial charge < -0.3 is 9.80 Å². The van der Waals surface area contributed by atoms with E-state index in [-0.39, 0.29) is 17.7 Å². The van der Waals surface area contributed by atoms with Crippen LogP contribution in [-0.4, -0.2) is 41.2 Å². The monoisotopic (exact) mass is 414 g/mol. The molecule has 0 aliphatic carbocycles. The molecule has 31 heavy (non-hydrogen) atoms. The SMILES string of the molecule is CCCN(Cc1ccccc1)C(=O)C1CCN(C(=O)c2cccc3ccccc23)CC1. The molecule has 0 aromatic heterocycles. The van der Waals surface area contributed by atoms with Crippen molar-refractivity contribution in [3.05, 3.63) is 83.9 Å². The van der Waals surface area contributed by atoms with Crippen molar-refractivity contribution in [3.8, 4) is 0 Å². The van der Waals surface area contributed by atoms with E-state index >= 15 is 0 Å². The minimum Gasteiger partial charge on any atom is -0.339 e. The first-order valence-electron chi connectivity index (χ1n) is 11.3. The molecule has 1 aliphatic heterocycles. The highest BCUT2D eigenvalue weighted by molar-refractivity contribution is 6.07. The van der Waals surface area contributed by atoms with Crippen molar-refractivity contribution in [1.82, 2.24) is 9.80 Å². The zero-order valence-corrected chi connectivity index (χ0v) is 18.2. The summed E-state index contributed by atoms with van der Waals surface area (Å²) in [5.41, 5.74) is 1.91. The van der Waals surface area contributed by atoms with Gasteiger partial charge in [-0.1, -0.05) is 73.7 Å². The fraction of sp³-hybridized carbons (Fsp3) is 0.333. The van der Waals surface area contributed by atoms with Gasteiger partial charge in [0.05, 0.1) is 0 Å². The lowest BCUT2D eigenvalue weighted by Crippen LogP contribution is -2.44. The van der Waals surface area contributed by atoms with Gasteiger partial charge in [0.15, 0.2) is 0 Å². The van der Waals surface area contributed by atoms with Crippen LogP contribution in [0, 0.1) is 5.92 Å². The molecular formula is C27H30N2O2. The number of likely N-dealkylation sites (tertiary alicyclic amines) is 1. The van der Waals surface area contributed by atoms with E-state index in [0.29, 0.717) is 19.6 Å². The van der Waals surface area contributed by atoms with Gasteiger partial charge >= 0.3 is 0 Å². The first kappa shape index (κ1) is 21.1.